The number of hydrogen-bond acceptors (Lipinski definition) is 2. The number of hydrogen-bond donors (Lipinski definition) is 0. The van der Waals surface area contributed by atoms with Crippen LogP contribution in [-0.2, 0) is 10.3 Å². The molecule has 0 unspecified atom stereocenters. The summed E-state index contributed by atoms with van der Waals surface area (Å²) in [5.41, 5.74) is 0.648. The molecular weight excluding hydrogens is 400 g/mol. The molecule has 2 aromatic carbocycles. The number of likely N-dealkylation sites (N-methyl/N-ethyl adjacent to an activating group) is 1. The number of nitrogens with zero attached hydrogens (tertiary/aromatic N) is 2. The molecule has 0 spiro atoms. The largest absolute Gasteiger partial charge is 0.320 e. The first kappa shape index (κ1) is 23.3. The zero-order valence-electron chi connectivity index (χ0n) is 19.4. The first-order valence-electron chi connectivity index (χ1n) is 11.8. The summed E-state index contributed by atoms with van der Waals surface area (Å²) in [7, 11) is -2.31. The summed E-state index contributed by atoms with van der Waals surface area (Å²) in [6, 6.07) is 22.6. The third-order valence-electron chi connectivity index (χ3n) is 6.66. The van der Waals surface area contributed by atoms with Crippen LogP contribution in [0.15, 0.2) is 60.7 Å². The number of benzene rings is 2. The highest BCUT2D eigenvalue weighted by Gasteiger charge is 2.63. The average Bonchev–Trinajstić information content (AvgIpc) is 3.02. The van der Waals surface area contributed by atoms with Gasteiger partial charge in [0.25, 0.3) is 5.91 Å². The molecule has 3 rings (SSSR count). The number of amides is 3. The maximum Gasteiger partial charge on any atom is 0.320 e. The molecule has 0 atom stereocenters. The minimum Gasteiger partial charge on any atom is -0.303 e. The lowest BCUT2D eigenvalue weighted by molar-refractivity contribution is -0.129. The maximum absolute atomic E-state index is 14.6. The van der Waals surface area contributed by atoms with Gasteiger partial charge in [0.2, 0.25) is 0 Å². The quantitative estimate of drug-likeness (QED) is 0.320. The second-order valence-electron chi connectivity index (χ2n) is 8.58. The van der Waals surface area contributed by atoms with Crippen LogP contribution in [0.1, 0.15) is 58.1 Å². The molecule has 4 nitrogen and oxygen atoms in total. The van der Waals surface area contributed by atoms with Crippen molar-refractivity contribution >= 4 is 20.2 Å². The molecule has 31 heavy (non-hydrogen) atoms. The van der Waals surface area contributed by atoms with Gasteiger partial charge in [-0.3, -0.25) is 9.36 Å². The van der Waals surface area contributed by atoms with Crippen molar-refractivity contribution < 1.29 is 9.59 Å². The first-order chi connectivity index (χ1) is 15.0. The minimum atomic E-state index is -2.31. The van der Waals surface area contributed by atoms with Gasteiger partial charge in [-0.2, -0.15) is 0 Å². The lowest BCUT2D eigenvalue weighted by atomic mass is 9.81. The molecule has 0 radical (unpaired) electrons. The molecule has 0 aromatic heterocycles. The predicted molar refractivity (Wildman–Crippen MR) is 129 cm³/mol. The molecule has 1 aliphatic heterocycles. The Morgan fingerprint density at radius 2 is 1.13 bits per heavy atom. The zero-order chi connectivity index (χ0) is 22.5. The van der Waals surface area contributed by atoms with Gasteiger partial charge in [0.05, 0.1) is 0 Å². The van der Waals surface area contributed by atoms with Crippen LogP contribution in [-0.4, -0.2) is 36.2 Å². The molecule has 0 bridgehead atoms. The highest BCUT2D eigenvalue weighted by molar-refractivity contribution is 6.81. The standard InChI is InChI=1S/C26H36N2O2Si/c1-5-19-31(20-6-2,21-7-3)28-24(29)26(27(8-4)25(28)30,22-15-11-9-12-16-22)23-17-13-10-14-18-23/h9-18H,5-8,19-21H2,1-4H3. The number of rotatable bonds is 10. The van der Waals surface area contributed by atoms with Gasteiger partial charge in [0.1, 0.15) is 0 Å². The topological polar surface area (TPSA) is 40.6 Å². The van der Waals surface area contributed by atoms with Gasteiger partial charge in [-0.15, -0.1) is 0 Å². The Labute approximate surface area is 188 Å². The molecule has 0 N–H and O–H groups in total. The van der Waals surface area contributed by atoms with Crippen LogP contribution >= 0.6 is 0 Å². The molecule has 2 aromatic rings. The zero-order valence-corrected chi connectivity index (χ0v) is 20.4. The maximum atomic E-state index is 14.6. The van der Waals surface area contributed by atoms with E-state index < -0.39 is 13.8 Å². The van der Waals surface area contributed by atoms with Crippen LogP contribution in [0.3, 0.4) is 0 Å². The van der Waals surface area contributed by atoms with Crippen molar-refractivity contribution in [3.8, 4) is 0 Å². The molecule has 3 amide bonds. The third kappa shape index (κ3) is 3.73. The SMILES string of the molecule is CCC[Si](CCC)(CCC)N1C(=O)N(CC)C(c2ccccc2)(c2ccccc2)C1=O. The number of carbonyl (C=O) groups excluding carboxylic acids is 2. The Bertz CT molecular complexity index is 828. The summed E-state index contributed by atoms with van der Waals surface area (Å²) in [4.78, 5) is 30.4. The van der Waals surface area contributed by atoms with E-state index in [0.29, 0.717) is 6.54 Å². The van der Waals surface area contributed by atoms with E-state index in [-0.39, 0.29) is 11.9 Å². The van der Waals surface area contributed by atoms with Crippen molar-refractivity contribution in [3.05, 3.63) is 71.8 Å². The van der Waals surface area contributed by atoms with Gasteiger partial charge < -0.3 is 4.90 Å². The molecule has 1 aliphatic rings. The average molecular weight is 437 g/mol. The summed E-state index contributed by atoms with van der Waals surface area (Å²) in [5.74, 6) is -0.0428. The van der Waals surface area contributed by atoms with Crippen molar-refractivity contribution in [1.29, 1.82) is 0 Å². The summed E-state index contributed by atoms with van der Waals surface area (Å²) in [5, 5.41) is 0. The fourth-order valence-corrected chi connectivity index (χ4v) is 10.9. The molecule has 1 heterocycles. The monoisotopic (exact) mass is 436 g/mol. The van der Waals surface area contributed by atoms with E-state index >= 15 is 0 Å². The van der Waals surface area contributed by atoms with Gasteiger partial charge >= 0.3 is 6.03 Å². The van der Waals surface area contributed by atoms with Crippen molar-refractivity contribution in [2.75, 3.05) is 6.54 Å². The Morgan fingerprint density at radius 3 is 1.48 bits per heavy atom. The van der Waals surface area contributed by atoms with E-state index in [4.69, 9.17) is 0 Å². The summed E-state index contributed by atoms with van der Waals surface area (Å²) >= 11 is 0. The van der Waals surface area contributed by atoms with E-state index in [9.17, 15) is 9.59 Å². The summed E-state index contributed by atoms with van der Waals surface area (Å²) in [6.45, 7) is 9.00. The van der Waals surface area contributed by atoms with Gasteiger partial charge in [0, 0.05) is 6.54 Å². The van der Waals surface area contributed by atoms with E-state index in [1.54, 1.807) is 4.57 Å². The molecular formula is C26H36N2O2Si. The van der Waals surface area contributed by atoms with Crippen LogP contribution in [0.4, 0.5) is 4.79 Å². The van der Waals surface area contributed by atoms with Crippen LogP contribution < -0.4 is 0 Å². The number of imide groups is 1. The number of urea groups is 1. The van der Waals surface area contributed by atoms with Crippen molar-refractivity contribution in [2.24, 2.45) is 0 Å². The second kappa shape index (κ2) is 9.82. The highest BCUT2D eigenvalue weighted by atomic mass is 28.3. The lowest BCUT2D eigenvalue weighted by Crippen LogP contribution is -2.57. The highest BCUT2D eigenvalue weighted by Crippen LogP contribution is 2.47. The normalized spacial score (nSPS) is 16.3. The Kier molecular flexibility index (Phi) is 7.37. The summed E-state index contributed by atoms with van der Waals surface area (Å²) in [6.07, 6.45) is 3.00. The molecule has 1 saturated heterocycles. The summed E-state index contributed by atoms with van der Waals surface area (Å²) < 4.78 is 1.80. The van der Waals surface area contributed by atoms with Crippen LogP contribution in [0, 0.1) is 0 Å². The van der Waals surface area contributed by atoms with Gasteiger partial charge in [0.15, 0.2) is 13.8 Å². The van der Waals surface area contributed by atoms with Gasteiger partial charge in [-0.05, 0) is 36.2 Å². The third-order valence-corrected chi connectivity index (χ3v) is 12.3. The van der Waals surface area contributed by atoms with Crippen molar-refractivity contribution in [2.45, 2.75) is 70.6 Å². The van der Waals surface area contributed by atoms with E-state index in [0.717, 1.165) is 48.5 Å². The van der Waals surface area contributed by atoms with Crippen molar-refractivity contribution in [3.63, 3.8) is 0 Å². The van der Waals surface area contributed by atoms with Crippen LogP contribution in [0.2, 0.25) is 18.1 Å². The van der Waals surface area contributed by atoms with Crippen molar-refractivity contribution in [1.82, 2.24) is 9.47 Å². The molecule has 5 heteroatoms. The van der Waals surface area contributed by atoms with Crippen LogP contribution in [0.25, 0.3) is 0 Å². The van der Waals surface area contributed by atoms with Gasteiger partial charge in [-0.25, -0.2) is 4.79 Å². The number of carbonyl (C=O) groups is 2. The first-order valence-corrected chi connectivity index (χ1v) is 14.4. The minimum absolute atomic E-state index is 0.0428. The van der Waals surface area contributed by atoms with Crippen LogP contribution in [0.5, 0.6) is 0 Å². The van der Waals surface area contributed by atoms with Gasteiger partial charge in [-0.1, -0.05) is 101 Å². The smallest absolute Gasteiger partial charge is 0.303 e. The molecule has 0 saturated carbocycles. The van der Waals surface area contributed by atoms with E-state index in [1.165, 1.54) is 0 Å². The Morgan fingerprint density at radius 1 is 0.710 bits per heavy atom. The predicted octanol–water partition coefficient (Wildman–Crippen LogP) is 6.39. The Hall–Kier alpha value is -2.40. The van der Waals surface area contributed by atoms with E-state index in [2.05, 4.69) is 20.8 Å². The fourth-order valence-electron chi connectivity index (χ4n) is 5.61. The molecule has 1 fully saturated rings. The lowest BCUT2D eigenvalue weighted by Gasteiger charge is -2.39. The fraction of sp³-hybridized carbons (Fsp3) is 0.462. The molecule has 0 aliphatic carbocycles. The second-order valence-corrected chi connectivity index (χ2v) is 13.0. The Balaban J connectivity index is 2.30. The molecule has 166 valence electrons. The van der Waals surface area contributed by atoms with E-state index in [1.807, 2.05) is 72.5 Å².